The second-order valence-corrected chi connectivity index (χ2v) is 28.3. The van der Waals surface area contributed by atoms with Gasteiger partial charge in [-0.3, -0.25) is 4.57 Å². The minimum Gasteiger partial charge on any atom is -0.508 e. The van der Waals surface area contributed by atoms with Crippen LogP contribution in [0.1, 0.15) is 110 Å². The maximum Gasteiger partial charge on any atom is 0.418 e. The Bertz CT molecular complexity index is 5340. The lowest BCUT2D eigenvalue weighted by Crippen LogP contribution is -2.26. The number of benzene rings is 8. The number of para-hydroxylation sites is 5. The molecule has 10 heterocycles. The lowest BCUT2D eigenvalue weighted by Gasteiger charge is -2.20. The van der Waals surface area contributed by atoms with Gasteiger partial charge in [0.25, 0.3) is 0 Å². The van der Waals surface area contributed by atoms with Crippen LogP contribution < -0.4 is 4.74 Å². The third kappa shape index (κ3) is 24.2. The second-order valence-electron chi connectivity index (χ2n) is 28.3. The number of likely N-dealkylation sites (tertiary alicyclic amines) is 2. The summed E-state index contributed by atoms with van der Waals surface area (Å²) in [6.45, 7) is 26.7. The molecule has 0 spiro atoms. The molecule has 0 unspecified atom stereocenters. The Morgan fingerprint density at radius 3 is 1.62 bits per heavy atom. The molecule has 0 aliphatic carbocycles. The van der Waals surface area contributed by atoms with Gasteiger partial charge in [0.15, 0.2) is 11.5 Å². The van der Waals surface area contributed by atoms with E-state index in [2.05, 4.69) is 105 Å². The van der Waals surface area contributed by atoms with Gasteiger partial charge in [0.2, 0.25) is 0 Å². The molecule has 8 aromatic carbocycles. The quantitative estimate of drug-likeness (QED) is 0.0839. The topological polar surface area (TPSA) is 242 Å². The van der Waals surface area contributed by atoms with Crippen molar-refractivity contribution in [1.29, 1.82) is 0 Å². The second kappa shape index (κ2) is 38.4. The van der Waals surface area contributed by atoms with Gasteiger partial charge in [-0.15, -0.1) is 5.10 Å². The molecule has 110 heavy (non-hydrogen) atoms. The van der Waals surface area contributed by atoms with Crippen LogP contribution in [0.15, 0.2) is 187 Å². The smallest absolute Gasteiger partial charge is 0.418 e. The number of aryl methyl sites for hydroxylation is 9. The Morgan fingerprint density at radius 1 is 0.509 bits per heavy atom. The van der Waals surface area contributed by atoms with Gasteiger partial charge in [-0.25, -0.2) is 33.8 Å². The van der Waals surface area contributed by atoms with Crippen LogP contribution in [-0.2, 0) is 18.0 Å². The molecule has 8 aromatic heterocycles. The summed E-state index contributed by atoms with van der Waals surface area (Å²) < 4.78 is 68.2. The average Bonchev–Trinajstić information content (AvgIpc) is 1.57. The number of oxazole rings is 1. The van der Waals surface area contributed by atoms with Crippen molar-refractivity contribution in [2.75, 3.05) is 47.4 Å². The van der Waals surface area contributed by atoms with Gasteiger partial charge < -0.3 is 53.7 Å². The highest BCUT2D eigenvalue weighted by atomic mass is 19.4. The fourth-order valence-corrected chi connectivity index (χ4v) is 12.2. The molecule has 18 rings (SSSR count). The molecule has 0 radical (unpaired) electrons. The van der Waals surface area contributed by atoms with Gasteiger partial charge in [-0.1, -0.05) is 66.6 Å². The number of imidazole rings is 3. The number of hydrogen-bond acceptors (Lipinski definition) is 13. The average molecular weight is 1500 g/mol. The monoisotopic (exact) mass is 1500 g/mol. The minimum absolute atomic E-state index is 0.235. The van der Waals surface area contributed by atoms with E-state index >= 15 is 0 Å². The van der Waals surface area contributed by atoms with Gasteiger partial charge in [0, 0.05) is 59.8 Å². The Morgan fingerprint density at radius 2 is 1.05 bits per heavy atom. The minimum atomic E-state index is -4.33. The number of carbonyl (C=O) groups is 1. The molecule has 2 saturated heterocycles. The highest BCUT2D eigenvalue weighted by Gasteiger charge is 2.31. The molecule has 16 aromatic rings. The summed E-state index contributed by atoms with van der Waals surface area (Å²) in [7, 11) is 7.70. The first kappa shape index (κ1) is 82.4. The molecule has 578 valence electrons. The van der Waals surface area contributed by atoms with Gasteiger partial charge in [0.1, 0.15) is 51.4 Å². The van der Waals surface area contributed by atoms with Crippen molar-refractivity contribution in [3.63, 3.8) is 0 Å². The lowest BCUT2D eigenvalue weighted by atomic mass is 10.1. The van der Waals surface area contributed by atoms with Crippen molar-refractivity contribution in [3.05, 3.63) is 239 Å². The van der Waals surface area contributed by atoms with Crippen molar-refractivity contribution in [1.82, 2.24) is 74.2 Å². The SMILES string of the molecule is CN1CCCCC1.CN1CCCCC1.COc1ccc2[nH]cc(C)c2c1.Cc1c[nH]c2ccc(O)cc12.Cc1ccc2nc(C)[nH]c2c1.Cc1cn(C(=O)OC(C)(C)C)c2ccccc12.Cc1nc2ccc(F)cc2[nH]1.Cc1nc2ccccc2[nH]1.Cc1nc2ccccc2o1.Cn1nnc2cc(C(F)(F)F)ccc21. The fourth-order valence-electron chi connectivity index (χ4n) is 12.2. The molecular weight excluding hydrogens is 1400 g/mol. The predicted octanol–water partition coefficient (Wildman–Crippen LogP) is 20.8. The number of ether oxygens (including phenoxy) is 2. The highest BCUT2D eigenvalue weighted by molar-refractivity contribution is 5.92. The number of rotatable bonds is 1. The zero-order valence-corrected chi connectivity index (χ0v) is 65.5. The molecule has 0 amide bonds. The van der Waals surface area contributed by atoms with E-state index < -0.39 is 17.3 Å². The molecule has 2 fully saturated rings. The number of piperidine rings is 2. The molecular formula is C86H101F4N15O5. The summed E-state index contributed by atoms with van der Waals surface area (Å²) in [4.78, 5) is 49.2. The molecule has 6 N–H and O–H groups in total. The van der Waals surface area contributed by atoms with E-state index in [0.29, 0.717) is 11.3 Å². The number of fused-ring (bicyclic) bond motifs is 8. The maximum atomic E-state index is 12.6. The van der Waals surface area contributed by atoms with Crippen LogP contribution in [-0.4, -0.2) is 138 Å². The molecule has 2 aliphatic heterocycles. The van der Waals surface area contributed by atoms with Gasteiger partial charge in [0.05, 0.1) is 56.8 Å². The van der Waals surface area contributed by atoms with E-state index in [9.17, 15) is 22.4 Å². The summed E-state index contributed by atoms with van der Waals surface area (Å²) in [6, 6.07) is 49.0. The van der Waals surface area contributed by atoms with Crippen LogP contribution in [0.3, 0.4) is 0 Å². The number of carbonyl (C=O) groups excluding carboxylic acids is 1. The number of aromatic amines is 5. The summed E-state index contributed by atoms with van der Waals surface area (Å²) in [5, 5.41) is 19.8. The lowest BCUT2D eigenvalue weighted by molar-refractivity contribution is -0.137. The van der Waals surface area contributed by atoms with Crippen molar-refractivity contribution >= 4 is 94.0 Å². The van der Waals surface area contributed by atoms with Gasteiger partial charge in [-0.05, 0) is 273 Å². The Balaban J connectivity index is 0.000000142. The fraction of sp³-hybridized carbons (Fsp3) is 0.314. The van der Waals surface area contributed by atoms with Crippen LogP contribution in [0.4, 0.5) is 22.4 Å². The largest absolute Gasteiger partial charge is 0.508 e. The molecule has 0 bridgehead atoms. The van der Waals surface area contributed by atoms with Gasteiger partial charge >= 0.3 is 12.3 Å². The van der Waals surface area contributed by atoms with E-state index in [4.69, 9.17) is 19.0 Å². The number of H-pyrrole nitrogens is 5. The number of alkyl halides is 3. The molecule has 2 aliphatic rings. The van der Waals surface area contributed by atoms with E-state index in [1.54, 1.807) is 36.9 Å². The maximum absolute atomic E-state index is 12.6. The zero-order valence-electron chi connectivity index (χ0n) is 65.5. The number of nitrogens with one attached hydrogen (secondary N) is 5. The highest BCUT2D eigenvalue weighted by Crippen LogP contribution is 2.31. The van der Waals surface area contributed by atoms with E-state index in [1.165, 1.54) is 104 Å². The third-order valence-electron chi connectivity index (χ3n) is 17.8. The summed E-state index contributed by atoms with van der Waals surface area (Å²) in [5.74, 6) is 4.48. The summed E-state index contributed by atoms with van der Waals surface area (Å²) >= 11 is 0. The van der Waals surface area contributed by atoms with Crippen molar-refractivity contribution < 1.29 is 41.4 Å². The standard InChI is InChI=1S/C14H17NO2.C10H11NO.C9H10N2.C9H9NO.C8H6F3N3.C8H7FN2.C8H8N2.C8H7NO.2C6H13N/c1-10-9-15(13(16)17-14(2,3)4)12-8-6-5-7-11(10)12;1-7-6-11-10-4-3-8(12-2)5-9(7)10;1-6-3-4-8-9(5-6)11-7(2)10-8;1-6-5-10-9-3-2-7(11)4-8(6)9;1-14-7-3-2-5(8(9,10)11)4-6(7)12-13-14;1-5-10-7-3-2-6(9)4-8(7)11-5;2*1-6-9-7-4-2-3-5-8(7)10-6;2*1-7-5-3-2-4-6-7/h5-9H,1-4H3;3-6,11H,1-2H3;3-5H,1-2H3,(H,10,11);2-5,10-11H,1H3;2-4H,1H3;2-4H,1H3,(H,10,11);2-5H,1H3,(H,9,10);2-5H,1H3;2*2-6H2,1H3. The first-order chi connectivity index (χ1) is 52.5. The summed E-state index contributed by atoms with van der Waals surface area (Å²) in [5.41, 5.74) is 15.2. The van der Waals surface area contributed by atoms with E-state index in [0.717, 1.165) is 124 Å². The number of phenolic OH excluding ortho intramolecular Hbond substituents is 1. The number of aromatic nitrogens is 13. The Hall–Kier alpha value is -11.6. The van der Waals surface area contributed by atoms with Crippen LogP contribution in [0.25, 0.3) is 87.9 Å². The first-order valence-electron chi connectivity index (χ1n) is 36.7. The Kier molecular flexibility index (Phi) is 28.8. The van der Waals surface area contributed by atoms with Crippen LogP contribution in [0, 0.1) is 61.2 Å². The zero-order chi connectivity index (χ0) is 79.2. The van der Waals surface area contributed by atoms with Crippen LogP contribution in [0.2, 0.25) is 0 Å². The third-order valence-corrected chi connectivity index (χ3v) is 17.8. The van der Waals surface area contributed by atoms with Crippen molar-refractivity contribution in [2.24, 2.45) is 7.05 Å². The molecule has 0 saturated carbocycles. The number of hydrogen-bond donors (Lipinski definition) is 6. The number of aromatic hydroxyl groups is 1. The number of nitrogens with zero attached hydrogens (tertiary/aromatic N) is 10. The molecule has 0 atom stereocenters. The molecule has 20 nitrogen and oxygen atoms in total. The predicted molar refractivity (Wildman–Crippen MR) is 435 cm³/mol. The first-order valence-corrected chi connectivity index (χ1v) is 36.7. The van der Waals surface area contributed by atoms with Crippen LogP contribution >= 0.6 is 0 Å². The molecule has 24 heteroatoms. The Labute approximate surface area is 638 Å². The number of halogens is 4. The number of methoxy groups -OCH3 is 1. The van der Waals surface area contributed by atoms with Gasteiger partial charge in [-0.2, -0.15) is 13.2 Å². The van der Waals surface area contributed by atoms with Crippen molar-refractivity contribution in [3.8, 4) is 11.5 Å². The van der Waals surface area contributed by atoms with E-state index in [1.807, 2.05) is 184 Å². The summed E-state index contributed by atoms with van der Waals surface area (Å²) in [6.07, 6.45) is 9.65. The van der Waals surface area contributed by atoms with E-state index in [-0.39, 0.29) is 17.4 Å². The normalized spacial score (nSPS) is 12.9. The van der Waals surface area contributed by atoms with Crippen molar-refractivity contribution in [2.45, 2.75) is 126 Å². The van der Waals surface area contributed by atoms with Crippen LogP contribution in [0.5, 0.6) is 11.5 Å². The number of phenols is 1.